The van der Waals surface area contributed by atoms with E-state index in [0.29, 0.717) is 24.1 Å². The van der Waals surface area contributed by atoms with Crippen molar-refractivity contribution in [1.82, 2.24) is 4.90 Å². The Kier molecular flexibility index (Phi) is 3.56. The third-order valence-electron chi connectivity index (χ3n) is 3.40. The van der Waals surface area contributed by atoms with E-state index in [4.69, 9.17) is 0 Å². The molecule has 0 radical (unpaired) electrons. The summed E-state index contributed by atoms with van der Waals surface area (Å²) in [5.74, 6) is -0.364. The Morgan fingerprint density at radius 3 is 2.35 bits per heavy atom. The van der Waals surface area contributed by atoms with Gasteiger partial charge >= 0.3 is 0 Å². The average Bonchev–Trinajstić information content (AvgIpc) is 2.70. The van der Waals surface area contributed by atoms with E-state index in [1.165, 1.54) is 4.90 Å². The molecule has 0 N–H and O–H groups in total. The van der Waals surface area contributed by atoms with E-state index >= 15 is 0 Å². The number of carbonyl (C=O) groups is 2. The number of hydrogen-bond donors (Lipinski definition) is 0. The molecule has 20 heavy (non-hydrogen) atoms. The van der Waals surface area contributed by atoms with Crippen LogP contribution in [0.4, 0.5) is 0 Å². The molecule has 0 fully saturated rings. The van der Waals surface area contributed by atoms with Gasteiger partial charge in [0.05, 0.1) is 11.1 Å². The van der Waals surface area contributed by atoms with Gasteiger partial charge in [-0.05, 0) is 52.8 Å². The number of amides is 2. The molecule has 0 aliphatic carbocycles. The van der Waals surface area contributed by atoms with E-state index in [2.05, 4.69) is 22.6 Å². The van der Waals surface area contributed by atoms with Crippen LogP contribution in [0.25, 0.3) is 0 Å². The van der Waals surface area contributed by atoms with Gasteiger partial charge in [0.25, 0.3) is 11.8 Å². The Labute approximate surface area is 130 Å². The third kappa shape index (κ3) is 2.35. The van der Waals surface area contributed by atoms with Gasteiger partial charge in [-0.3, -0.25) is 14.5 Å². The van der Waals surface area contributed by atoms with Crippen molar-refractivity contribution >= 4 is 34.4 Å². The lowest BCUT2D eigenvalue weighted by atomic mass is 10.1. The minimum atomic E-state index is -0.183. The van der Waals surface area contributed by atoms with Crippen molar-refractivity contribution in [3.05, 3.63) is 68.8 Å². The van der Waals surface area contributed by atoms with Gasteiger partial charge in [-0.1, -0.05) is 30.3 Å². The molecule has 1 aliphatic rings. The zero-order valence-electron chi connectivity index (χ0n) is 10.7. The zero-order chi connectivity index (χ0) is 14.1. The number of halogens is 1. The topological polar surface area (TPSA) is 37.4 Å². The number of nitrogens with zero attached hydrogens (tertiary/aromatic N) is 1. The van der Waals surface area contributed by atoms with Crippen LogP contribution >= 0.6 is 22.6 Å². The first-order chi connectivity index (χ1) is 9.66. The fourth-order valence-electron chi connectivity index (χ4n) is 2.35. The first-order valence-corrected chi connectivity index (χ1v) is 7.44. The van der Waals surface area contributed by atoms with Crippen LogP contribution in [0.15, 0.2) is 48.5 Å². The van der Waals surface area contributed by atoms with Crippen LogP contribution < -0.4 is 0 Å². The normalized spacial score (nSPS) is 13.8. The van der Waals surface area contributed by atoms with Crippen molar-refractivity contribution in [2.75, 3.05) is 6.54 Å². The summed E-state index contributed by atoms with van der Waals surface area (Å²) in [5.41, 5.74) is 2.16. The molecule has 3 rings (SSSR count). The maximum Gasteiger partial charge on any atom is 0.261 e. The monoisotopic (exact) mass is 377 g/mol. The smallest absolute Gasteiger partial charge is 0.261 e. The van der Waals surface area contributed by atoms with Crippen LogP contribution in [0.1, 0.15) is 26.3 Å². The van der Waals surface area contributed by atoms with Gasteiger partial charge in [0, 0.05) is 10.1 Å². The number of imide groups is 1. The lowest BCUT2D eigenvalue weighted by Crippen LogP contribution is -2.31. The fraction of sp³-hybridized carbons (Fsp3) is 0.125. The number of carbonyl (C=O) groups excluding carboxylic acids is 2. The summed E-state index contributed by atoms with van der Waals surface area (Å²) < 4.78 is 0.965. The molecule has 3 nitrogen and oxygen atoms in total. The van der Waals surface area contributed by atoms with Gasteiger partial charge < -0.3 is 0 Å². The summed E-state index contributed by atoms with van der Waals surface area (Å²) in [7, 11) is 0. The summed E-state index contributed by atoms with van der Waals surface area (Å²) >= 11 is 2.15. The molecule has 0 spiro atoms. The molecule has 0 bridgehead atoms. The minimum absolute atomic E-state index is 0.181. The van der Waals surface area contributed by atoms with Crippen LogP contribution in [0.3, 0.4) is 0 Å². The Balaban J connectivity index is 1.80. The number of rotatable bonds is 3. The lowest BCUT2D eigenvalue weighted by molar-refractivity contribution is 0.0656. The molecular weight excluding hydrogens is 365 g/mol. The van der Waals surface area contributed by atoms with E-state index in [-0.39, 0.29) is 11.8 Å². The van der Waals surface area contributed by atoms with Crippen molar-refractivity contribution < 1.29 is 9.59 Å². The summed E-state index contributed by atoms with van der Waals surface area (Å²) in [6.45, 7) is 0.424. The molecular formula is C16H12INO2. The van der Waals surface area contributed by atoms with Crippen molar-refractivity contribution in [2.45, 2.75) is 6.42 Å². The summed E-state index contributed by atoms with van der Waals surface area (Å²) in [5, 5.41) is 0. The average molecular weight is 377 g/mol. The molecule has 0 saturated carbocycles. The summed E-state index contributed by atoms with van der Waals surface area (Å²) in [4.78, 5) is 25.9. The quantitative estimate of drug-likeness (QED) is 0.609. The Morgan fingerprint density at radius 2 is 1.60 bits per heavy atom. The van der Waals surface area contributed by atoms with E-state index in [0.717, 1.165) is 9.13 Å². The maximum atomic E-state index is 12.3. The standard InChI is InChI=1S/C16H12INO2/c17-12-6-7-13-14(10-12)16(20)18(15(13)19)9-8-11-4-2-1-3-5-11/h1-7,10H,8-9H2. The maximum absolute atomic E-state index is 12.3. The molecule has 0 saturated heterocycles. The Morgan fingerprint density at radius 1 is 0.900 bits per heavy atom. The predicted octanol–water partition coefficient (Wildman–Crippen LogP) is 3.13. The van der Waals surface area contributed by atoms with Crippen LogP contribution in [0, 0.1) is 3.57 Å². The molecule has 2 aromatic carbocycles. The predicted molar refractivity (Wildman–Crippen MR) is 84.7 cm³/mol. The van der Waals surface area contributed by atoms with Crippen molar-refractivity contribution in [2.24, 2.45) is 0 Å². The third-order valence-corrected chi connectivity index (χ3v) is 4.07. The van der Waals surface area contributed by atoms with Crippen LogP contribution in [-0.2, 0) is 6.42 Å². The molecule has 2 aromatic rings. The Hall–Kier alpha value is -1.69. The van der Waals surface area contributed by atoms with E-state index in [1.54, 1.807) is 12.1 Å². The number of fused-ring (bicyclic) bond motifs is 1. The summed E-state index contributed by atoms with van der Waals surface area (Å²) in [6.07, 6.45) is 0.684. The van der Waals surface area contributed by atoms with Crippen LogP contribution in [0.5, 0.6) is 0 Å². The molecule has 0 unspecified atom stereocenters. The molecule has 0 atom stereocenters. The number of benzene rings is 2. The van der Waals surface area contributed by atoms with Crippen molar-refractivity contribution in [3.8, 4) is 0 Å². The van der Waals surface area contributed by atoms with Gasteiger partial charge in [-0.2, -0.15) is 0 Å². The SMILES string of the molecule is O=C1c2ccc(I)cc2C(=O)N1CCc1ccccc1. The second-order valence-electron chi connectivity index (χ2n) is 4.69. The van der Waals surface area contributed by atoms with E-state index < -0.39 is 0 Å². The highest BCUT2D eigenvalue weighted by Gasteiger charge is 2.34. The Bertz CT molecular complexity index is 682. The fourth-order valence-corrected chi connectivity index (χ4v) is 2.84. The summed E-state index contributed by atoms with van der Waals surface area (Å²) in [6, 6.07) is 15.2. The van der Waals surface area contributed by atoms with E-state index in [9.17, 15) is 9.59 Å². The van der Waals surface area contributed by atoms with Gasteiger partial charge in [0.1, 0.15) is 0 Å². The highest BCUT2D eigenvalue weighted by Crippen LogP contribution is 2.24. The first-order valence-electron chi connectivity index (χ1n) is 6.36. The number of hydrogen-bond acceptors (Lipinski definition) is 2. The van der Waals surface area contributed by atoms with Gasteiger partial charge in [0.2, 0.25) is 0 Å². The molecule has 1 heterocycles. The zero-order valence-corrected chi connectivity index (χ0v) is 12.8. The van der Waals surface area contributed by atoms with Crippen molar-refractivity contribution in [3.63, 3.8) is 0 Å². The second-order valence-corrected chi connectivity index (χ2v) is 5.93. The first kappa shape index (κ1) is 13.3. The lowest BCUT2D eigenvalue weighted by Gasteiger charge is -2.13. The molecule has 4 heteroatoms. The van der Waals surface area contributed by atoms with Crippen LogP contribution in [0.2, 0.25) is 0 Å². The van der Waals surface area contributed by atoms with Crippen LogP contribution in [-0.4, -0.2) is 23.3 Å². The van der Waals surface area contributed by atoms with Gasteiger partial charge in [-0.15, -0.1) is 0 Å². The minimum Gasteiger partial charge on any atom is -0.274 e. The molecule has 100 valence electrons. The highest BCUT2D eigenvalue weighted by atomic mass is 127. The second kappa shape index (κ2) is 5.36. The van der Waals surface area contributed by atoms with Crippen molar-refractivity contribution in [1.29, 1.82) is 0 Å². The molecule has 2 amide bonds. The van der Waals surface area contributed by atoms with Gasteiger partial charge in [0.15, 0.2) is 0 Å². The van der Waals surface area contributed by atoms with E-state index in [1.807, 2.05) is 36.4 Å². The highest BCUT2D eigenvalue weighted by molar-refractivity contribution is 14.1. The van der Waals surface area contributed by atoms with Gasteiger partial charge in [-0.25, -0.2) is 0 Å². The molecule has 0 aromatic heterocycles. The molecule has 1 aliphatic heterocycles. The largest absolute Gasteiger partial charge is 0.274 e.